The summed E-state index contributed by atoms with van der Waals surface area (Å²) < 4.78 is 0. The molecule has 5 heteroatoms. The van der Waals surface area contributed by atoms with Crippen LogP contribution in [-0.4, -0.2) is 16.5 Å². The maximum atomic E-state index is 4.58. The summed E-state index contributed by atoms with van der Waals surface area (Å²) in [6.07, 6.45) is 1.82. The van der Waals surface area contributed by atoms with Crippen LogP contribution in [0.15, 0.2) is 11.6 Å². The second-order valence-electron chi connectivity index (χ2n) is 3.59. The largest absolute Gasteiger partial charge is 0.310 e. The predicted octanol–water partition coefficient (Wildman–Crippen LogP) is 3.25. The zero-order valence-electron chi connectivity index (χ0n) is 9.65. The van der Waals surface area contributed by atoms with Crippen LogP contribution in [0.2, 0.25) is 0 Å². The van der Waals surface area contributed by atoms with Gasteiger partial charge in [-0.25, -0.2) is 9.97 Å². The first-order valence-electron chi connectivity index (χ1n) is 5.33. The van der Waals surface area contributed by atoms with Crippen LogP contribution in [0.3, 0.4) is 0 Å². The topological polar surface area (TPSA) is 37.8 Å². The van der Waals surface area contributed by atoms with Crippen LogP contribution >= 0.6 is 22.7 Å². The van der Waals surface area contributed by atoms with E-state index in [4.69, 9.17) is 0 Å². The molecule has 2 aromatic rings. The molecule has 2 aromatic heterocycles. The fourth-order valence-electron chi connectivity index (χ4n) is 1.63. The Bertz CT molecular complexity index is 448. The molecule has 1 atom stereocenters. The van der Waals surface area contributed by atoms with Crippen LogP contribution in [0.25, 0.3) is 10.0 Å². The van der Waals surface area contributed by atoms with Crippen molar-refractivity contribution in [1.29, 1.82) is 0 Å². The Morgan fingerprint density at radius 3 is 2.88 bits per heavy atom. The summed E-state index contributed by atoms with van der Waals surface area (Å²) in [4.78, 5) is 10.2. The zero-order valence-corrected chi connectivity index (χ0v) is 11.3. The minimum Gasteiger partial charge on any atom is -0.310 e. The van der Waals surface area contributed by atoms with E-state index in [-0.39, 0.29) is 0 Å². The highest BCUT2D eigenvalue weighted by atomic mass is 32.1. The molecule has 0 radical (unpaired) electrons. The number of thiazole rings is 2. The van der Waals surface area contributed by atoms with Gasteiger partial charge < -0.3 is 5.32 Å². The van der Waals surface area contributed by atoms with Gasteiger partial charge in [0, 0.05) is 22.5 Å². The van der Waals surface area contributed by atoms with Crippen molar-refractivity contribution in [2.24, 2.45) is 0 Å². The third kappa shape index (κ3) is 2.31. The van der Waals surface area contributed by atoms with E-state index in [0.717, 1.165) is 22.3 Å². The summed E-state index contributed by atoms with van der Waals surface area (Å²) >= 11 is 3.38. The summed E-state index contributed by atoms with van der Waals surface area (Å²) in [5.41, 5.74) is 1.11. The third-order valence-corrected chi connectivity index (χ3v) is 4.61. The minimum absolute atomic E-state index is 0.371. The van der Waals surface area contributed by atoms with Crippen LogP contribution in [0.4, 0.5) is 0 Å². The van der Waals surface area contributed by atoms with Crippen molar-refractivity contribution in [2.75, 3.05) is 6.54 Å². The molecule has 0 aromatic carbocycles. The van der Waals surface area contributed by atoms with Crippen molar-refractivity contribution >= 4 is 22.7 Å². The lowest BCUT2D eigenvalue weighted by molar-refractivity contribution is 0.603. The Labute approximate surface area is 104 Å². The molecule has 86 valence electrons. The molecule has 1 unspecified atom stereocenters. The maximum Gasteiger partial charge on any atom is 0.152 e. The van der Waals surface area contributed by atoms with Gasteiger partial charge in [-0.2, -0.15) is 0 Å². The average Bonchev–Trinajstić information content (AvgIpc) is 2.86. The van der Waals surface area contributed by atoms with Gasteiger partial charge in [-0.15, -0.1) is 22.7 Å². The summed E-state index contributed by atoms with van der Waals surface area (Å²) in [6, 6.07) is 0.371. The molecular formula is C11H15N3S2. The van der Waals surface area contributed by atoms with Crippen molar-refractivity contribution in [2.45, 2.75) is 26.8 Å². The Kier molecular flexibility index (Phi) is 3.68. The molecule has 0 bridgehead atoms. The Morgan fingerprint density at radius 1 is 1.44 bits per heavy atom. The number of rotatable bonds is 4. The highest BCUT2D eigenvalue weighted by molar-refractivity contribution is 7.20. The molecule has 3 nitrogen and oxygen atoms in total. The SMILES string of the molecule is CCNC(C)c1sc(-c2nccs2)nc1C. The molecule has 0 fully saturated rings. The molecule has 16 heavy (non-hydrogen) atoms. The zero-order chi connectivity index (χ0) is 11.5. The van der Waals surface area contributed by atoms with Gasteiger partial charge in [0.15, 0.2) is 10.0 Å². The van der Waals surface area contributed by atoms with Crippen LogP contribution in [0.5, 0.6) is 0 Å². The van der Waals surface area contributed by atoms with Crippen LogP contribution in [0.1, 0.15) is 30.5 Å². The van der Waals surface area contributed by atoms with Gasteiger partial charge in [0.05, 0.1) is 5.69 Å². The first kappa shape index (κ1) is 11.7. The molecule has 0 spiro atoms. The molecule has 0 saturated carbocycles. The fourth-order valence-corrected chi connectivity index (χ4v) is 3.40. The van der Waals surface area contributed by atoms with E-state index in [9.17, 15) is 0 Å². The fraction of sp³-hybridized carbons (Fsp3) is 0.455. The second-order valence-corrected chi connectivity index (χ2v) is 5.51. The summed E-state index contributed by atoms with van der Waals surface area (Å²) in [5.74, 6) is 0. The second kappa shape index (κ2) is 5.03. The lowest BCUT2D eigenvalue weighted by Gasteiger charge is -2.09. The Balaban J connectivity index is 2.28. The number of aromatic nitrogens is 2. The van der Waals surface area contributed by atoms with Gasteiger partial charge in [-0.05, 0) is 20.4 Å². The van der Waals surface area contributed by atoms with E-state index in [1.807, 2.05) is 11.6 Å². The molecule has 0 aliphatic rings. The predicted molar refractivity (Wildman–Crippen MR) is 70.1 cm³/mol. The van der Waals surface area contributed by atoms with E-state index in [0.29, 0.717) is 6.04 Å². The highest BCUT2D eigenvalue weighted by Crippen LogP contribution is 2.32. The van der Waals surface area contributed by atoms with Crippen LogP contribution in [-0.2, 0) is 0 Å². The van der Waals surface area contributed by atoms with E-state index < -0.39 is 0 Å². The van der Waals surface area contributed by atoms with E-state index in [1.165, 1.54) is 4.88 Å². The van der Waals surface area contributed by atoms with Crippen LogP contribution < -0.4 is 5.32 Å². The molecule has 2 rings (SSSR count). The van der Waals surface area contributed by atoms with E-state index in [2.05, 4.69) is 36.1 Å². The maximum absolute atomic E-state index is 4.58. The molecule has 0 amide bonds. The number of nitrogens with zero attached hydrogens (tertiary/aromatic N) is 2. The van der Waals surface area contributed by atoms with E-state index in [1.54, 1.807) is 22.7 Å². The van der Waals surface area contributed by atoms with Crippen molar-refractivity contribution in [3.8, 4) is 10.0 Å². The van der Waals surface area contributed by atoms with Gasteiger partial charge in [0.25, 0.3) is 0 Å². The third-order valence-electron chi connectivity index (χ3n) is 2.35. The van der Waals surface area contributed by atoms with Gasteiger partial charge in [-0.1, -0.05) is 6.92 Å². The van der Waals surface area contributed by atoms with Crippen molar-refractivity contribution in [1.82, 2.24) is 15.3 Å². The van der Waals surface area contributed by atoms with Gasteiger partial charge in [0.1, 0.15) is 0 Å². The normalized spacial score (nSPS) is 12.9. The van der Waals surface area contributed by atoms with Gasteiger partial charge in [-0.3, -0.25) is 0 Å². The minimum atomic E-state index is 0.371. The molecule has 0 aliphatic heterocycles. The summed E-state index contributed by atoms with van der Waals surface area (Å²) in [7, 11) is 0. The Hall–Kier alpha value is -0.780. The Morgan fingerprint density at radius 2 is 2.25 bits per heavy atom. The average molecular weight is 253 g/mol. The van der Waals surface area contributed by atoms with Crippen molar-refractivity contribution in [3.63, 3.8) is 0 Å². The van der Waals surface area contributed by atoms with Gasteiger partial charge >= 0.3 is 0 Å². The molecule has 1 N–H and O–H groups in total. The standard InChI is InChI=1S/C11H15N3S2/c1-4-12-7(2)9-8(3)14-11(16-9)10-13-5-6-15-10/h5-7,12H,4H2,1-3H3. The highest BCUT2D eigenvalue weighted by Gasteiger charge is 2.15. The lowest BCUT2D eigenvalue weighted by atomic mass is 10.2. The lowest BCUT2D eigenvalue weighted by Crippen LogP contribution is -2.17. The summed E-state index contributed by atoms with van der Waals surface area (Å²) in [6.45, 7) is 7.34. The summed E-state index contributed by atoms with van der Waals surface area (Å²) in [5, 5.41) is 7.45. The number of aryl methyl sites for hydroxylation is 1. The molecule has 2 heterocycles. The quantitative estimate of drug-likeness (QED) is 0.909. The number of hydrogen-bond acceptors (Lipinski definition) is 5. The number of hydrogen-bond donors (Lipinski definition) is 1. The van der Waals surface area contributed by atoms with Crippen molar-refractivity contribution < 1.29 is 0 Å². The van der Waals surface area contributed by atoms with Crippen molar-refractivity contribution in [3.05, 3.63) is 22.1 Å². The van der Waals surface area contributed by atoms with Gasteiger partial charge in [0.2, 0.25) is 0 Å². The van der Waals surface area contributed by atoms with E-state index >= 15 is 0 Å². The molecular weight excluding hydrogens is 238 g/mol. The number of nitrogens with one attached hydrogen (secondary N) is 1. The van der Waals surface area contributed by atoms with Crippen LogP contribution in [0, 0.1) is 6.92 Å². The first-order chi connectivity index (χ1) is 7.72. The molecule has 0 saturated heterocycles. The smallest absolute Gasteiger partial charge is 0.152 e. The monoisotopic (exact) mass is 253 g/mol. The first-order valence-corrected chi connectivity index (χ1v) is 7.02. The molecule has 0 aliphatic carbocycles.